The van der Waals surface area contributed by atoms with Gasteiger partial charge < -0.3 is 10.3 Å². The molecular weight excluding hydrogens is 341 g/mol. The van der Waals surface area contributed by atoms with Crippen molar-refractivity contribution in [3.8, 4) is 0 Å². The third-order valence-corrected chi connectivity index (χ3v) is 5.60. The number of nitrogens with zero attached hydrogens (tertiary/aromatic N) is 3. The SMILES string of the molecule is O=c1[nH]c2cccnc2n1C1CC(Nc2nc3c(F)cccc3s2)C1. The Hall–Kier alpha value is -2.74. The zero-order valence-electron chi connectivity index (χ0n) is 13.1. The van der Waals surface area contributed by atoms with Crippen LogP contribution in [0.5, 0.6) is 0 Å². The minimum atomic E-state index is -0.301. The van der Waals surface area contributed by atoms with Gasteiger partial charge in [0, 0.05) is 18.3 Å². The van der Waals surface area contributed by atoms with Crippen LogP contribution < -0.4 is 11.0 Å². The van der Waals surface area contributed by atoms with E-state index in [0.717, 1.165) is 23.1 Å². The average Bonchev–Trinajstić information content (AvgIpc) is 3.12. The lowest BCUT2D eigenvalue weighted by molar-refractivity contribution is 0.282. The maximum Gasteiger partial charge on any atom is 0.327 e. The molecule has 1 saturated carbocycles. The Kier molecular flexibility index (Phi) is 3.14. The Balaban J connectivity index is 1.35. The molecule has 0 unspecified atom stereocenters. The van der Waals surface area contributed by atoms with Crippen molar-refractivity contribution in [2.24, 2.45) is 0 Å². The summed E-state index contributed by atoms with van der Waals surface area (Å²) < 4.78 is 16.3. The molecular formula is C17H14FN5OS. The van der Waals surface area contributed by atoms with Crippen molar-refractivity contribution in [2.45, 2.75) is 24.9 Å². The lowest BCUT2D eigenvalue weighted by Crippen LogP contribution is -2.40. The smallest absolute Gasteiger partial charge is 0.327 e. The molecule has 1 aromatic carbocycles. The van der Waals surface area contributed by atoms with Crippen LogP contribution in [0.15, 0.2) is 41.3 Å². The molecule has 1 aliphatic rings. The Bertz CT molecular complexity index is 1140. The molecule has 0 spiro atoms. The number of anilines is 1. The molecule has 0 saturated heterocycles. The van der Waals surface area contributed by atoms with Gasteiger partial charge in [-0.15, -0.1) is 0 Å². The third kappa shape index (κ3) is 2.32. The zero-order valence-corrected chi connectivity index (χ0v) is 13.9. The lowest BCUT2D eigenvalue weighted by atomic mass is 9.86. The fourth-order valence-corrected chi connectivity index (χ4v) is 4.32. The number of rotatable bonds is 3. The number of H-pyrrole nitrogens is 1. The summed E-state index contributed by atoms with van der Waals surface area (Å²) in [5, 5.41) is 4.06. The van der Waals surface area contributed by atoms with E-state index in [0.29, 0.717) is 16.3 Å². The maximum absolute atomic E-state index is 13.7. The Morgan fingerprint density at radius 2 is 2.16 bits per heavy atom. The van der Waals surface area contributed by atoms with Crippen molar-refractivity contribution < 1.29 is 4.39 Å². The first-order valence-electron chi connectivity index (χ1n) is 8.06. The molecule has 3 heterocycles. The third-order valence-electron chi connectivity index (χ3n) is 4.65. The fourth-order valence-electron chi connectivity index (χ4n) is 3.36. The van der Waals surface area contributed by atoms with Gasteiger partial charge in [0.25, 0.3) is 0 Å². The molecule has 1 fully saturated rings. The summed E-state index contributed by atoms with van der Waals surface area (Å²) in [4.78, 5) is 23.7. The molecule has 6 nitrogen and oxygen atoms in total. The quantitative estimate of drug-likeness (QED) is 0.591. The fraction of sp³-hybridized carbons (Fsp3) is 0.235. The maximum atomic E-state index is 13.7. The topological polar surface area (TPSA) is 75.6 Å². The minimum Gasteiger partial charge on any atom is -0.359 e. The molecule has 0 radical (unpaired) electrons. The van der Waals surface area contributed by atoms with Gasteiger partial charge in [0.15, 0.2) is 10.8 Å². The van der Waals surface area contributed by atoms with Gasteiger partial charge in [-0.25, -0.2) is 19.2 Å². The van der Waals surface area contributed by atoms with Crippen molar-refractivity contribution in [2.75, 3.05) is 5.32 Å². The largest absolute Gasteiger partial charge is 0.359 e. The molecule has 0 amide bonds. The predicted molar refractivity (Wildman–Crippen MR) is 95.6 cm³/mol. The van der Waals surface area contributed by atoms with Gasteiger partial charge in [-0.1, -0.05) is 17.4 Å². The monoisotopic (exact) mass is 355 g/mol. The number of imidazole rings is 1. The highest BCUT2D eigenvalue weighted by Crippen LogP contribution is 2.36. The van der Waals surface area contributed by atoms with Gasteiger partial charge in [-0.3, -0.25) is 4.57 Å². The highest BCUT2D eigenvalue weighted by Gasteiger charge is 2.33. The van der Waals surface area contributed by atoms with Crippen LogP contribution in [0, 0.1) is 5.82 Å². The Morgan fingerprint density at radius 1 is 1.28 bits per heavy atom. The van der Waals surface area contributed by atoms with Gasteiger partial charge in [0.2, 0.25) is 0 Å². The number of nitrogens with one attached hydrogen (secondary N) is 2. The molecule has 2 N–H and O–H groups in total. The first kappa shape index (κ1) is 14.6. The van der Waals surface area contributed by atoms with E-state index in [1.54, 1.807) is 22.9 Å². The highest BCUT2D eigenvalue weighted by atomic mass is 32.1. The van der Waals surface area contributed by atoms with Crippen LogP contribution in [0.2, 0.25) is 0 Å². The van der Waals surface area contributed by atoms with Crippen molar-refractivity contribution in [3.05, 3.63) is 52.8 Å². The molecule has 126 valence electrons. The second kappa shape index (κ2) is 5.38. The van der Waals surface area contributed by atoms with Crippen LogP contribution in [-0.4, -0.2) is 25.6 Å². The summed E-state index contributed by atoms with van der Waals surface area (Å²) in [6, 6.07) is 8.96. The molecule has 3 aromatic heterocycles. The summed E-state index contributed by atoms with van der Waals surface area (Å²) in [6.45, 7) is 0. The first-order valence-corrected chi connectivity index (χ1v) is 8.87. The number of hydrogen-bond acceptors (Lipinski definition) is 5. The lowest BCUT2D eigenvalue weighted by Gasteiger charge is -2.36. The summed E-state index contributed by atoms with van der Waals surface area (Å²) in [6.07, 6.45) is 3.31. The number of aromatic nitrogens is 4. The zero-order chi connectivity index (χ0) is 17.0. The number of halogens is 1. The van der Waals surface area contributed by atoms with E-state index in [-0.39, 0.29) is 23.6 Å². The number of hydrogen-bond donors (Lipinski definition) is 2. The molecule has 4 aromatic rings. The van der Waals surface area contributed by atoms with E-state index < -0.39 is 0 Å². The van der Waals surface area contributed by atoms with Gasteiger partial charge in [0.1, 0.15) is 11.3 Å². The molecule has 8 heteroatoms. The second-order valence-corrected chi connectivity index (χ2v) is 7.28. The van der Waals surface area contributed by atoms with E-state index in [9.17, 15) is 9.18 Å². The van der Waals surface area contributed by atoms with Gasteiger partial charge in [0.05, 0.1) is 10.2 Å². The summed E-state index contributed by atoms with van der Waals surface area (Å²) in [5.41, 5.74) is 1.73. The number of para-hydroxylation sites is 1. The van der Waals surface area contributed by atoms with Crippen LogP contribution in [-0.2, 0) is 0 Å². The van der Waals surface area contributed by atoms with Crippen molar-refractivity contribution >= 4 is 37.8 Å². The normalized spacial score (nSPS) is 20.0. The van der Waals surface area contributed by atoms with Crippen molar-refractivity contribution in [1.82, 2.24) is 19.5 Å². The van der Waals surface area contributed by atoms with Crippen molar-refractivity contribution in [3.63, 3.8) is 0 Å². The van der Waals surface area contributed by atoms with Crippen LogP contribution in [0.1, 0.15) is 18.9 Å². The van der Waals surface area contributed by atoms with Gasteiger partial charge in [-0.2, -0.15) is 0 Å². The Labute approximate surface area is 145 Å². The number of thiazole rings is 1. The summed E-state index contributed by atoms with van der Waals surface area (Å²) >= 11 is 1.44. The van der Waals surface area contributed by atoms with Crippen LogP contribution in [0.3, 0.4) is 0 Å². The van der Waals surface area contributed by atoms with Gasteiger partial charge in [-0.05, 0) is 37.1 Å². The van der Waals surface area contributed by atoms with Crippen molar-refractivity contribution in [1.29, 1.82) is 0 Å². The van der Waals surface area contributed by atoms with E-state index >= 15 is 0 Å². The highest BCUT2D eigenvalue weighted by molar-refractivity contribution is 7.22. The van der Waals surface area contributed by atoms with Crippen LogP contribution >= 0.6 is 11.3 Å². The standard InChI is InChI=1S/C17H14FN5OS/c18-11-3-1-5-13-14(11)22-16(25-13)20-9-7-10(8-9)23-15-12(21-17(23)24)4-2-6-19-15/h1-6,9-10H,7-8H2,(H,20,22)(H,21,24). The molecule has 0 atom stereocenters. The Morgan fingerprint density at radius 3 is 3.00 bits per heavy atom. The minimum absolute atomic E-state index is 0.111. The summed E-state index contributed by atoms with van der Waals surface area (Å²) in [5.74, 6) is -0.301. The summed E-state index contributed by atoms with van der Waals surface area (Å²) in [7, 11) is 0. The molecule has 0 aliphatic heterocycles. The number of pyridine rings is 1. The van der Waals surface area contributed by atoms with Crippen LogP contribution in [0.4, 0.5) is 9.52 Å². The predicted octanol–water partition coefficient (Wildman–Crippen LogP) is 3.29. The number of fused-ring (bicyclic) bond motifs is 2. The van der Waals surface area contributed by atoms with E-state index in [1.165, 1.54) is 17.4 Å². The number of aromatic amines is 1. The molecule has 1 aliphatic carbocycles. The van der Waals surface area contributed by atoms with Gasteiger partial charge >= 0.3 is 5.69 Å². The van der Waals surface area contributed by atoms with Crippen LogP contribution in [0.25, 0.3) is 21.4 Å². The molecule has 5 rings (SSSR count). The first-order chi connectivity index (χ1) is 12.2. The van der Waals surface area contributed by atoms with E-state index in [1.807, 2.05) is 12.1 Å². The molecule has 25 heavy (non-hydrogen) atoms. The van der Waals surface area contributed by atoms with E-state index in [4.69, 9.17) is 0 Å². The number of benzene rings is 1. The second-order valence-electron chi connectivity index (χ2n) is 6.25. The average molecular weight is 355 g/mol. The molecule has 0 bridgehead atoms. The van der Waals surface area contributed by atoms with E-state index in [2.05, 4.69) is 20.3 Å².